The van der Waals surface area contributed by atoms with Crippen LogP contribution < -0.4 is 5.32 Å². The molecule has 0 bridgehead atoms. The van der Waals surface area contributed by atoms with Gasteiger partial charge in [-0.15, -0.1) is 0 Å². The minimum atomic E-state index is -0.507. The first kappa shape index (κ1) is 21.1. The van der Waals surface area contributed by atoms with Crippen molar-refractivity contribution in [1.29, 1.82) is 0 Å². The molecule has 0 radical (unpaired) electrons. The largest absolute Gasteiger partial charge is 0.444 e. The predicted octanol–water partition coefficient (Wildman–Crippen LogP) is 3.81. The molecule has 0 saturated carbocycles. The highest BCUT2D eigenvalue weighted by Gasteiger charge is 2.29. The fourth-order valence-corrected chi connectivity index (χ4v) is 3.72. The maximum absolute atomic E-state index is 12.6. The molecule has 0 aliphatic carbocycles. The molecule has 31 heavy (non-hydrogen) atoms. The number of likely N-dealkylation sites (tertiary alicyclic amines) is 1. The lowest BCUT2D eigenvalue weighted by Crippen LogP contribution is -2.39. The number of ether oxygens (including phenoxy) is 1. The lowest BCUT2D eigenvalue weighted by Gasteiger charge is -2.24. The van der Waals surface area contributed by atoms with E-state index in [9.17, 15) is 9.59 Å². The van der Waals surface area contributed by atoms with Gasteiger partial charge in [0.2, 0.25) is 0 Å². The Labute approximate surface area is 182 Å². The summed E-state index contributed by atoms with van der Waals surface area (Å²) in [5.41, 5.74) is 2.08. The summed E-state index contributed by atoms with van der Waals surface area (Å²) in [5.74, 6) is 0.0209. The Morgan fingerprint density at radius 1 is 1.13 bits per heavy atom. The van der Waals surface area contributed by atoms with Gasteiger partial charge in [0.25, 0.3) is 0 Å². The quantitative estimate of drug-likeness (QED) is 0.635. The molecule has 2 aromatic carbocycles. The molecule has 1 aliphatic rings. The van der Waals surface area contributed by atoms with E-state index in [2.05, 4.69) is 10.4 Å². The van der Waals surface area contributed by atoms with Crippen molar-refractivity contribution in [2.45, 2.75) is 38.8 Å². The van der Waals surface area contributed by atoms with Gasteiger partial charge in [0.15, 0.2) is 5.78 Å². The number of para-hydroxylation sites is 1. The third-order valence-corrected chi connectivity index (χ3v) is 5.30. The summed E-state index contributed by atoms with van der Waals surface area (Å²) in [4.78, 5) is 26.5. The molecule has 1 saturated heterocycles. The Morgan fingerprint density at radius 3 is 2.61 bits per heavy atom. The summed E-state index contributed by atoms with van der Waals surface area (Å²) in [6.07, 6.45) is 2.34. The maximum Gasteiger partial charge on any atom is 0.410 e. The van der Waals surface area contributed by atoms with E-state index in [0.717, 1.165) is 23.0 Å². The monoisotopic (exact) mass is 420 g/mol. The van der Waals surface area contributed by atoms with Crippen molar-refractivity contribution < 1.29 is 14.3 Å². The molecule has 7 heteroatoms. The second-order valence-electron chi connectivity index (χ2n) is 8.88. The number of Topliss-reactive ketones (excluding diaryl/α,β-unsaturated/α-hetero) is 1. The lowest BCUT2D eigenvalue weighted by molar-refractivity contribution is 0.0291. The maximum atomic E-state index is 12.6. The van der Waals surface area contributed by atoms with E-state index in [-0.39, 0.29) is 24.5 Å². The number of hydrogen-bond acceptors (Lipinski definition) is 5. The van der Waals surface area contributed by atoms with Gasteiger partial charge >= 0.3 is 6.09 Å². The van der Waals surface area contributed by atoms with Crippen LogP contribution in [0.4, 0.5) is 4.79 Å². The molecule has 0 spiro atoms. The van der Waals surface area contributed by atoms with Crippen molar-refractivity contribution >= 4 is 22.8 Å². The second-order valence-corrected chi connectivity index (χ2v) is 8.88. The first-order chi connectivity index (χ1) is 14.8. The van der Waals surface area contributed by atoms with Crippen molar-refractivity contribution in [2.24, 2.45) is 0 Å². The van der Waals surface area contributed by atoms with Crippen LogP contribution in [-0.4, -0.2) is 57.8 Å². The number of fused-ring (bicyclic) bond motifs is 1. The van der Waals surface area contributed by atoms with Crippen LogP contribution in [0.5, 0.6) is 0 Å². The number of carbonyl (C=O) groups excluding carboxylic acids is 2. The second kappa shape index (κ2) is 8.51. The summed E-state index contributed by atoms with van der Waals surface area (Å²) < 4.78 is 7.29. The van der Waals surface area contributed by atoms with E-state index in [1.54, 1.807) is 4.90 Å². The van der Waals surface area contributed by atoms with E-state index >= 15 is 0 Å². The number of nitrogens with one attached hydrogen (secondary N) is 1. The first-order valence-corrected chi connectivity index (χ1v) is 10.6. The third kappa shape index (κ3) is 4.94. The molecular formula is C24H28N4O3. The molecule has 1 aromatic heterocycles. The molecule has 1 N–H and O–H groups in total. The van der Waals surface area contributed by atoms with Crippen LogP contribution in [0.2, 0.25) is 0 Å². The minimum Gasteiger partial charge on any atom is -0.444 e. The van der Waals surface area contributed by atoms with Crippen LogP contribution in [0, 0.1) is 0 Å². The molecule has 0 unspecified atom stereocenters. The molecule has 3 aromatic rings. The average molecular weight is 421 g/mol. The van der Waals surface area contributed by atoms with Gasteiger partial charge in [-0.3, -0.25) is 4.79 Å². The molecule has 4 rings (SSSR count). The molecule has 1 atom stereocenters. The van der Waals surface area contributed by atoms with Crippen molar-refractivity contribution in [3.63, 3.8) is 0 Å². The summed E-state index contributed by atoms with van der Waals surface area (Å²) in [6.45, 7) is 6.98. The fourth-order valence-electron chi connectivity index (χ4n) is 3.72. The van der Waals surface area contributed by atoms with Gasteiger partial charge in [-0.05, 0) is 57.5 Å². The number of benzene rings is 2. The Hall–Kier alpha value is -3.19. The van der Waals surface area contributed by atoms with Crippen molar-refractivity contribution in [1.82, 2.24) is 20.0 Å². The molecule has 1 fully saturated rings. The Balaban J connectivity index is 1.32. The van der Waals surface area contributed by atoms with Gasteiger partial charge in [-0.25, -0.2) is 9.48 Å². The third-order valence-electron chi connectivity index (χ3n) is 5.30. The smallest absolute Gasteiger partial charge is 0.410 e. The highest BCUT2D eigenvalue weighted by molar-refractivity contribution is 5.97. The normalized spacial score (nSPS) is 16.6. The first-order valence-electron chi connectivity index (χ1n) is 10.6. The van der Waals surface area contributed by atoms with Crippen molar-refractivity contribution in [2.75, 3.05) is 19.6 Å². The van der Waals surface area contributed by atoms with Crippen LogP contribution >= 0.6 is 0 Å². The van der Waals surface area contributed by atoms with Crippen molar-refractivity contribution in [3.05, 3.63) is 60.3 Å². The summed E-state index contributed by atoms with van der Waals surface area (Å²) in [6, 6.07) is 15.6. The van der Waals surface area contributed by atoms with Crippen LogP contribution in [-0.2, 0) is 4.74 Å². The van der Waals surface area contributed by atoms with Gasteiger partial charge in [0.1, 0.15) is 5.60 Å². The Kier molecular flexibility index (Phi) is 5.78. The fraction of sp³-hybridized carbons (Fsp3) is 0.375. The zero-order valence-electron chi connectivity index (χ0n) is 18.2. The number of amides is 1. The predicted molar refractivity (Wildman–Crippen MR) is 120 cm³/mol. The number of carbonyl (C=O) groups is 2. The molecule has 162 valence electrons. The number of ketones is 1. The minimum absolute atomic E-state index is 0.0209. The van der Waals surface area contributed by atoms with E-state index < -0.39 is 5.60 Å². The average Bonchev–Trinajstić information content (AvgIpc) is 3.38. The highest BCUT2D eigenvalue weighted by Crippen LogP contribution is 2.19. The topological polar surface area (TPSA) is 76.5 Å². The van der Waals surface area contributed by atoms with E-state index in [1.165, 1.54) is 0 Å². The number of hydrogen-bond donors (Lipinski definition) is 1. The SMILES string of the molecule is CC(C)(C)OC(=O)N1CC[C@@H](NCC(=O)c2ccc(-n3ncc4ccccc43)cc2)C1. The zero-order valence-corrected chi connectivity index (χ0v) is 18.2. The van der Waals surface area contributed by atoms with Crippen molar-refractivity contribution in [3.8, 4) is 5.69 Å². The summed E-state index contributed by atoms with van der Waals surface area (Å²) in [7, 11) is 0. The molecule has 1 aliphatic heterocycles. The van der Waals surface area contributed by atoms with Crippen LogP contribution in [0.1, 0.15) is 37.6 Å². The summed E-state index contributed by atoms with van der Waals surface area (Å²) >= 11 is 0. The Bertz CT molecular complexity index is 1080. The molecular weight excluding hydrogens is 392 g/mol. The van der Waals surface area contributed by atoms with Crippen LogP contribution in [0.15, 0.2) is 54.7 Å². The number of nitrogens with zero attached hydrogens (tertiary/aromatic N) is 3. The summed E-state index contributed by atoms with van der Waals surface area (Å²) in [5, 5.41) is 8.80. The molecule has 2 heterocycles. The van der Waals surface area contributed by atoms with Gasteiger partial charge in [-0.2, -0.15) is 5.10 Å². The van der Waals surface area contributed by atoms with Crippen LogP contribution in [0.3, 0.4) is 0 Å². The number of rotatable bonds is 5. The lowest BCUT2D eigenvalue weighted by atomic mass is 10.1. The zero-order chi connectivity index (χ0) is 22.0. The van der Waals surface area contributed by atoms with E-state index in [0.29, 0.717) is 18.7 Å². The standard InChI is InChI=1S/C24H28N4O3/c1-24(2,3)31-23(30)27-13-12-19(16-27)25-15-22(29)17-8-10-20(11-9-17)28-21-7-5-4-6-18(21)14-26-28/h4-11,14,19,25H,12-13,15-16H2,1-3H3/t19-/m1/s1. The number of aromatic nitrogens is 2. The highest BCUT2D eigenvalue weighted by atomic mass is 16.6. The van der Waals surface area contributed by atoms with Gasteiger partial charge < -0.3 is 15.0 Å². The molecule has 7 nitrogen and oxygen atoms in total. The molecule has 1 amide bonds. The Morgan fingerprint density at radius 2 is 1.87 bits per heavy atom. The van der Waals surface area contributed by atoms with E-state index in [1.807, 2.05) is 80.2 Å². The van der Waals surface area contributed by atoms with Gasteiger partial charge in [0, 0.05) is 30.1 Å². The van der Waals surface area contributed by atoms with Gasteiger partial charge in [0.05, 0.1) is 23.9 Å². The van der Waals surface area contributed by atoms with E-state index in [4.69, 9.17) is 4.74 Å². The van der Waals surface area contributed by atoms with Gasteiger partial charge in [-0.1, -0.05) is 18.2 Å². The van der Waals surface area contributed by atoms with Crippen LogP contribution in [0.25, 0.3) is 16.6 Å².